The van der Waals surface area contributed by atoms with Crippen LogP contribution < -0.4 is 14.8 Å². The molecule has 0 aromatic heterocycles. The molecule has 3 rings (SSSR count). The van der Waals surface area contributed by atoms with E-state index in [1.54, 1.807) is 36.2 Å². The van der Waals surface area contributed by atoms with E-state index in [0.29, 0.717) is 17.8 Å². The van der Waals surface area contributed by atoms with Crippen LogP contribution in [0, 0.1) is 0 Å². The summed E-state index contributed by atoms with van der Waals surface area (Å²) in [5.74, 6) is 0.416. The molecule has 1 heterocycles. The third-order valence-corrected chi connectivity index (χ3v) is 5.36. The van der Waals surface area contributed by atoms with E-state index in [-0.39, 0.29) is 28.8 Å². The van der Waals surface area contributed by atoms with Crippen molar-refractivity contribution in [2.45, 2.75) is 18.1 Å². The van der Waals surface area contributed by atoms with Gasteiger partial charge in [-0.3, -0.25) is 4.90 Å². The molecule has 1 aliphatic rings. The molecule has 0 atom stereocenters. The first-order chi connectivity index (χ1) is 13.3. The monoisotopic (exact) mass is 411 g/mol. The summed E-state index contributed by atoms with van der Waals surface area (Å²) >= 11 is 0. The number of amidine groups is 1. The molecular formula is C18H19F2N3O4S. The Morgan fingerprint density at radius 1 is 1.14 bits per heavy atom. The van der Waals surface area contributed by atoms with Crippen LogP contribution in [0.5, 0.6) is 11.5 Å². The fourth-order valence-electron chi connectivity index (χ4n) is 2.87. The van der Waals surface area contributed by atoms with Crippen molar-refractivity contribution in [3.05, 3.63) is 48.0 Å². The lowest BCUT2D eigenvalue weighted by Gasteiger charge is -2.23. The first-order valence-electron chi connectivity index (χ1n) is 8.28. The van der Waals surface area contributed by atoms with Crippen molar-refractivity contribution in [1.82, 2.24) is 4.90 Å². The highest BCUT2D eigenvalue weighted by Crippen LogP contribution is 2.30. The number of methoxy groups -OCH3 is 1. The molecule has 150 valence electrons. The van der Waals surface area contributed by atoms with Gasteiger partial charge >= 0.3 is 6.61 Å². The molecule has 1 N–H and O–H groups in total. The molecule has 1 aliphatic heterocycles. The number of rotatable bonds is 7. The lowest BCUT2D eigenvalue weighted by atomic mass is 10.2. The molecule has 0 amide bonds. The molecule has 0 radical (unpaired) electrons. The standard InChI is InChI=1S/C18H19F2N3O4S/c1-23(10-12-7-8-14(26-2)15(9-12)27-18(19)20)11-17-21-13-5-3-4-6-16(13)28(24,25)22-17/h3-9,18H,10-11H2,1-2H3,(H,21,22). The number of nitrogens with zero attached hydrogens (tertiary/aromatic N) is 2. The van der Waals surface area contributed by atoms with Gasteiger partial charge in [0.15, 0.2) is 11.5 Å². The minimum atomic E-state index is -3.76. The normalized spacial score (nSPS) is 15.0. The average molecular weight is 411 g/mol. The second kappa shape index (κ2) is 8.11. The molecule has 0 unspecified atom stereocenters. The number of halogens is 2. The van der Waals surface area contributed by atoms with Crippen LogP contribution in [0.15, 0.2) is 51.8 Å². The fourth-order valence-corrected chi connectivity index (χ4v) is 4.01. The summed E-state index contributed by atoms with van der Waals surface area (Å²) in [6, 6.07) is 11.2. The van der Waals surface area contributed by atoms with Gasteiger partial charge in [0.1, 0.15) is 10.7 Å². The van der Waals surface area contributed by atoms with Crippen molar-refractivity contribution in [2.75, 3.05) is 26.0 Å². The SMILES string of the molecule is COc1ccc(CN(C)CC2=NS(=O)(=O)c3ccccc3N2)cc1OC(F)F. The van der Waals surface area contributed by atoms with Gasteiger partial charge in [-0.2, -0.15) is 17.2 Å². The smallest absolute Gasteiger partial charge is 0.387 e. The Labute approximate surface area is 161 Å². The molecule has 0 saturated carbocycles. The summed E-state index contributed by atoms with van der Waals surface area (Å²) < 4.78 is 63.0. The number of anilines is 1. The zero-order valence-corrected chi connectivity index (χ0v) is 16.0. The van der Waals surface area contributed by atoms with Crippen molar-refractivity contribution in [3.8, 4) is 11.5 Å². The van der Waals surface area contributed by atoms with Crippen LogP contribution in [0.3, 0.4) is 0 Å². The van der Waals surface area contributed by atoms with Gasteiger partial charge < -0.3 is 14.8 Å². The summed E-state index contributed by atoms with van der Waals surface area (Å²) in [6.45, 7) is -2.40. The molecule has 0 spiro atoms. The Hall–Kier alpha value is -2.72. The molecule has 2 aromatic carbocycles. The zero-order valence-electron chi connectivity index (χ0n) is 15.2. The quantitative estimate of drug-likeness (QED) is 0.755. The van der Waals surface area contributed by atoms with Gasteiger partial charge in [-0.15, -0.1) is 4.40 Å². The van der Waals surface area contributed by atoms with Crippen LogP contribution in [0.25, 0.3) is 0 Å². The van der Waals surface area contributed by atoms with Gasteiger partial charge in [-0.1, -0.05) is 18.2 Å². The number of nitrogens with one attached hydrogen (secondary N) is 1. The summed E-state index contributed by atoms with van der Waals surface area (Å²) in [5.41, 5.74) is 1.16. The highest BCUT2D eigenvalue weighted by molar-refractivity contribution is 7.90. The van der Waals surface area contributed by atoms with Gasteiger partial charge in [0.2, 0.25) is 0 Å². The number of likely N-dealkylation sites (N-methyl/N-ethyl adjacent to an activating group) is 1. The Morgan fingerprint density at radius 2 is 1.89 bits per heavy atom. The highest BCUT2D eigenvalue weighted by atomic mass is 32.2. The van der Waals surface area contributed by atoms with Crippen LogP contribution in [0.4, 0.5) is 14.5 Å². The van der Waals surface area contributed by atoms with Crippen LogP contribution in [0.1, 0.15) is 5.56 Å². The van der Waals surface area contributed by atoms with Crippen molar-refractivity contribution in [2.24, 2.45) is 4.40 Å². The summed E-state index contributed by atoms with van der Waals surface area (Å²) in [7, 11) is -0.635. The number of ether oxygens (including phenoxy) is 2. The van der Waals surface area contributed by atoms with Crippen LogP contribution in [0.2, 0.25) is 0 Å². The Morgan fingerprint density at radius 3 is 2.61 bits per heavy atom. The third-order valence-electron chi connectivity index (χ3n) is 3.99. The van der Waals surface area contributed by atoms with Crippen molar-refractivity contribution < 1.29 is 26.7 Å². The summed E-state index contributed by atoms with van der Waals surface area (Å²) in [5, 5.41) is 3.01. The van der Waals surface area contributed by atoms with E-state index < -0.39 is 16.6 Å². The number of hydrogen-bond acceptors (Lipinski definition) is 6. The second-order valence-corrected chi connectivity index (χ2v) is 7.74. The third kappa shape index (κ3) is 4.57. The molecule has 0 saturated heterocycles. The number of benzene rings is 2. The topological polar surface area (TPSA) is 80.2 Å². The number of hydrogen-bond donors (Lipinski definition) is 1. The van der Waals surface area contributed by atoms with Crippen molar-refractivity contribution in [3.63, 3.8) is 0 Å². The fraction of sp³-hybridized carbons (Fsp3) is 0.278. The predicted octanol–water partition coefficient (Wildman–Crippen LogP) is 2.94. The lowest BCUT2D eigenvalue weighted by molar-refractivity contribution is -0.0512. The lowest BCUT2D eigenvalue weighted by Crippen LogP contribution is -2.33. The van der Waals surface area contributed by atoms with Crippen LogP contribution in [-0.2, 0) is 16.6 Å². The van der Waals surface area contributed by atoms with Crippen molar-refractivity contribution >= 4 is 21.5 Å². The van der Waals surface area contributed by atoms with Gasteiger partial charge in [0.05, 0.1) is 19.3 Å². The van der Waals surface area contributed by atoms with Gasteiger partial charge in [0, 0.05) is 6.54 Å². The number of sulfonamides is 1. The zero-order chi connectivity index (χ0) is 20.3. The van der Waals surface area contributed by atoms with Gasteiger partial charge in [-0.25, -0.2) is 0 Å². The molecule has 2 aromatic rings. The van der Waals surface area contributed by atoms with E-state index >= 15 is 0 Å². The van der Waals surface area contributed by atoms with E-state index in [0.717, 1.165) is 0 Å². The van der Waals surface area contributed by atoms with Gasteiger partial charge in [-0.05, 0) is 36.9 Å². The summed E-state index contributed by atoms with van der Waals surface area (Å²) in [4.78, 5) is 1.92. The Kier molecular flexibility index (Phi) is 5.80. The average Bonchev–Trinajstić information content (AvgIpc) is 2.61. The first-order valence-corrected chi connectivity index (χ1v) is 9.72. The van der Waals surface area contributed by atoms with Gasteiger partial charge in [0.25, 0.3) is 10.0 Å². The molecule has 10 heteroatoms. The Bertz CT molecular complexity index is 996. The highest BCUT2D eigenvalue weighted by Gasteiger charge is 2.24. The molecule has 28 heavy (non-hydrogen) atoms. The molecule has 7 nitrogen and oxygen atoms in total. The summed E-state index contributed by atoms with van der Waals surface area (Å²) in [6.07, 6.45) is 0. The second-order valence-electron chi connectivity index (χ2n) is 6.17. The van der Waals surface area contributed by atoms with E-state index in [4.69, 9.17) is 4.74 Å². The molecule has 0 aliphatic carbocycles. The van der Waals surface area contributed by atoms with E-state index in [2.05, 4.69) is 14.5 Å². The maximum absolute atomic E-state index is 12.6. The van der Waals surface area contributed by atoms with E-state index in [1.807, 2.05) is 0 Å². The molecule has 0 fully saturated rings. The maximum Gasteiger partial charge on any atom is 0.387 e. The number of para-hydroxylation sites is 1. The van der Waals surface area contributed by atoms with E-state index in [9.17, 15) is 17.2 Å². The molecular weight excluding hydrogens is 392 g/mol. The largest absolute Gasteiger partial charge is 0.493 e. The van der Waals surface area contributed by atoms with Crippen LogP contribution in [-0.4, -0.2) is 46.5 Å². The number of alkyl halides is 2. The van der Waals surface area contributed by atoms with Crippen LogP contribution >= 0.6 is 0 Å². The van der Waals surface area contributed by atoms with Crippen molar-refractivity contribution in [1.29, 1.82) is 0 Å². The minimum absolute atomic E-state index is 0.0620. The maximum atomic E-state index is 12.6. The van der Waals surface area contributed by atoms with E-state index in [1.165, 1.54) is 25.3 Å². The molecule has 0 bridgehead atoms. The predicted molar refractivity (Wildman–Crippen MR) is 101 cm³/mol. The number of fused-ring (bicyclic) bond motifs is 1. The Balaban J connectivity index is 1.73. The first kappa shape index (κ1) is 20.0. The minimum Gasteiger partial charge on any atom is -0.493 e.